The second-order valence-electron chi connectivity index (χ2n) is 3.04. The predicted octanol–water partition coefficient (Wildman–Crippen LogP) is 1.38. The lowest BCUT2D eigenvalue weighted by Gasteiger charge is -2.22. The average Bonchev–Trinajstić information content (AvgIpc) is 2.05. The third-order valence-electron chi connectivity index (χ3n) is 1.76. The fourth-order valence-electron chi connectivity index (χ4n) is 0.965. The third-order valence-corrected chi connectivity index (χ3v) is 1.76. The fraction of sp³-hybridized carbons (Fsp3) is 0.889. The Bertz CT molecular complexity index is 158. The highest BCUT2D eigenvalue weighted by Crippen LogP contribution is 2.15. The molecule has 13 heavy (non-hydrogen) atoms. The summed E-state index contributed by atoms with van der Waals surface area (Å²) in [5, 5.41) is 18.2. The lowest BCUT2D eigenvalue weighted by Crippen LogP contribution is -2.41. The quantitative estimate of drug-likeness (QED) is 0.470. The molecule has 0 saturated heterocycles. The molecular formula is C9H18O4. The van der Waals surface area contributed by atoms with Crippen LogP contribution in [0.1, 0.15) is 39.5 Å². The highest BCUT2D eigenvalue weighted by molar-refractivity contribution is 5.75. The molecule has 0 saturated carbocycles. The molecule has 0 aromatic carbocycles. The molecule has 0 amide bonds. The number of carbonyl (C=O) groups is 1. The molecule has 0 radical (unpaired) electrons. The first-order chi connectivity index (χ1) is 6.06. The van der Waals surface area contributed by atoms with Crippen molar-refractivity contribution in [2.45, 2.75) is 45.3 Å². The van der Waals surface area contributed by atoms with Crippen LogP contribution < -0.4 is 0 Å². The topological polar surface area (TPSA) is 66.8 Å². The zero-order chi connectivity index (χ0) is 10.3. The minimum Gasteiger partial charge on any atom is -0.477 e. The lowest BCUT2D eigenvalue weighted by atomic mass is 10.1. The molecule has 0 aliphatic carbocycles. The van der Waals surface area contributed by atoms with E-state index in [2.05, 4.69) is 0 Å². The number of ether oxygens (including phenoxy) is 1. The van der Waals surface area contributed by atoms with Gasteiger partial charge in [-0.2, -0.15) is 0 Å². The summed E-state index contributed by atoms with van der Waals surface area (Å²) >= 11 is 0. The van der Waals surface area contributed by atoms with Gasteiger partial charge in [-0.25, -0.2) is 4.79 Å². The van der Waals surface area contributed by atoms with E-state index in [1.54, 1.807) is 6.92 Å². The van der Waals surface area contributed by atoms with Crippen molar-refractivity contribution in [3.8, 4) is 0 Å². The summed E-state index contributed by atoms with van der Waals surface area (Å²) < 4.78 is 4.93. The molecule has 78 valence electrons. The number of hydrogen-bond donors (Lipinski definition) is 2. The molecule has 4 nitrogen and oxygen atoms in total. The molecule has 0 spiro atoms. The molecular weight excluding hydrogens is 172 g/mol. The lowest BCUT2D eigenvalue weighted by molar-refractivity contribution is -0.226. The molecule has 0 bridgehead atoms. The molecule has 4 heteroatoms. The molecule has 0 aliphatic rings. The Morgan fingerprint density at radius 2 is 2.00 bits per heavy atom. The maximum absolute atomic E-state index is 10.6. The summed E-state index contributed by atoms with van der Waals surface area (Å²) in [5.41, 5.74) is 0. The van der Waals surface area contributed by atoms with Crippen molar-refractivity contribution in [3.63, 3.8) is 0 Å². The van der Waals surface area contributed by atoms with Crippen molar-refractivity contribution < 1.29 is 19.7 Å². The minimum atomic E-state index is -1.98. The van der Waals surface area contributed by atoms with Crippen molar-refractivity contribution in [3.05, 3.63) is 0 Å². The van der Waals surface area contributed by atoms with Gasteiger partial charge in [-0.15, -0.1) is 0 Å². The van der Waals surface area contributed by atoms with Crippen LogP contribution in [0.5, 0.6) is 0 Å². The molecule has 2 N–H and O–H groups in total. The average molecular weight is 190 g/mol. The van der Waals surface area contributed by atoms with Gasteiger partial charge in [-0.3, -0.25) is 0 Å². The van der Waals surface area contributed by atoms with Crippen molar-refractivity contribution in [2.75, 3.05) is 6.61 Å². The molecule has 0 aliphatic heterocycles. The van der Waals surface area contributed by atoms with Gasteiger partial charge in [0.2, 0.25) is 0 Å². The van der Waals surface area contributed by atoms with Crippen LogP contribution in [0.25, 0.3) is 0 Å². The number of carboxylic acids is 1. The molecule has 0 heterocycles. The standard InChI is InChI=1S/C9H18O4/c1-3-5-7-13-9(12,6-4-2)8(10)11/h12H,3-7H2,1-2H3,(H,10,11). The van der Waals surface area contributed by atoms with E-state index < -0.39 is 11.8 Å². The van der Waals surface area contributed by atoms with E-state index in [-0.39, 0.29) is 6.42 Å². The van der Waals surface area contributed by atoms with Crippen LogP contribution >= 0.6 is 0 Å². The molecule has 0 rings (SSSR count). The van der Waals surface area contributed by atoms with Crippen molar-refractivity contribution >= 4 is 5.97 Å². The number of unbranched alkanes of at least 4 members (excludes halogenated alkanes) is 1. The van der Waals surface area contributed by atoms with Gasteiger partial charge in [-0.1, -0.05) is 26.7 Å². The first-order valence-electron chi connectivity index (χ1n) is 4.66. The van der Waals surface area contributed by atoms with E-state index >= 15 is 0 Å². The Balaban J connectivity index is 4.00. The van der Waals surface area contributed by atoms with Crippen molar-refractivity contribution in [1.82, 2.24) is 0 Å². The largest absolute Gasteiger partial charge is 0.477 e. The van der Waals surface area contributed by atoms with Crippen molar-refractivity contribution in [1.29, 1.82) is 0 Å². The Morgan fingerprint density at radius 1 is 1.38 bits per heavy atom. The van der Waals surface area contributed by atoms with Crippen LogP contribution in [0.15, 0.2) is 0 Å². The van der Waals surface area contributed by atoms with Gasteiger partial charge in [0.1, 0.15) is 0 Å². The van der Waals surface area contributed by atoms with Gasteiger partial charge in [0, 0.05) is 6.42 Å². The summed E-state index contributed by atoms with van der Waals surface area (Å²) in [4.78, 5) is 10.6. The summed E-state index contributed by atoms with van der Waals surface area (Å²) in [6.07, 6.45) is 2.39. The van der Waals surface area contributed by atoms with E-state index in [4.69, 9.17) is 9.84 Å². The maximum atomic E-state index is 10.6. The number of aliphatic carboxylic acids is 1. The Hall–Kier alpha value is -0.610. The van der Waals surface area contributed by atoms with E-state index in [1.165, 1.54) is 0 Å². The second-order valence-corrected chi connectivity index (χ2v) is 3.04. The van der Waals surface area contributed by atoms with Gasteiger partial charge < -0.3 is 14.9 Å². The Kier molecular flexibility index (Phi) is 5.66. The number of carboxylic acid groups (broad SMARTS) is 1. The summed E-state index contributed by atoms with van der Waals surface area (Å²) in [5.74, 6) is -3.28. The molecule has 0 aromatic rings. The summed E-state index contributed by atoms with van der Waals surface area (Å²) in [6, 6.07) is 0. The van der Waals surface area contributed by atoms with Crippen LogP contribution in [-0.2, 0) is 9.53 Å². The normalized spacial score (nSPS) is 15.3. The molecule has 1 atom stereocenters. The van der Waals surface area contributed by atoms with E-state index in [0.29, 0.717) is 13.0 Å². The molecule has 0 fully saturated rings. The number of rotatable bonds is 7. The SMILES string of the molecule is CCCCOC(O)(CCC)C(=O)O. The maximum Gasteiger partial charge on any atom is 0.364 e. The minimum absolute atomic E-state index is 0.131. The van der Waals surface area contributed by atoms with E-state index in [1.807, 2.05) is 6.92 Å². The van der Waals surface area contributed by atoms with Gasteiger partial charge in [0.25, 0.3) is 5.79 Å². The second kappa shape index (κ2) is 5.94. The highest BCUT2D eigenvalue weighted by atomic mass is 16.6. The van der Waals surface area contributed by atoms with Crippen LogP contribution in [0, 0.1) is 0 Å². The molecule has 0 aromatic heterocycles. The zero-order valence-electron chi connectivity index (χ0n) is 8.25. The van der Waals surface area contributed by atoms with Gasteiger partial charge in [-0.05, 0) is 6.42 Å². The zero-order valence-corrected chi connectivity index (χ0v) is 8.25. The van der Waals surface area contributed by atoms with Gasteiger partial charge >= 0.3 is 5.97 Å². The van der Waals surface area contributed by atoms with Crippen LogP contribution in [0.4, 0.5) is 0 Å². The Labute approximate surface area is 78.5 Å². The van der Waals surface area contributed by atoms with E-state index in [0.717, 1.165) is 12.8 Å². The van der Waals surface area contributed by atoms with Crippen molar-refractivity contribution in [2.24, 2.45) is 0 Å². The number of aliphatic hydroxyl groups is 1. The van der Waals surface area contributed by atoms with Gasteiger partial charge in [0.05, 0.1) is 6.61 Å². The highest BCUT2D eigenvalue weighted by Gasteiger charge is 2.35. The van der Waals surface area contributed by atoms with Crippen LogP contribution in [0.2, 0.25) is 0 Å². The smallest absolute Gasteiger partial charge is 0.364 e. The predicted molar refractivity (Wildman–Crippen MR) is 48.4 cm³/mol. The summed E-state index contributed by atoms with van der Waals surface area (Å²) in [7, 11) is 0. The van der Waals surface area contributed by atoms with Gasteiger partial charge in [0.15, 0.2) is 0 Å². The molecule has 1 unspecified atom stereocenters. The van der Waals surface area contributed by atoms with E-state index in [9.17, 15) is 9.90 Å². The van der Waals surface area contributed by atoms with Crippen LogP contribution in [-0.4, -0.2) is 28.6 Å². The third kappa shape index (κ3) is 4.24. The fourth-order valence-corrected chi connectivity index (χ4v) is 0.965. The monoisotopic (exact) mass is 190 g/mol. The van der Waals surface area contributed by atoms with Crippen LogP contribution in [0.3, 0.4) is 0 Å². The Morgan fingerprint density at radius 3 is 2.38 bits per heavy atom. The number of hydrogen-bond acceptors (Lipinski definition) is 3. The first kappa shape index (κ1) is 12.4. The summed E-state index contributed by atoms with van der Waals surface area (Å²) in [6.45, 7) is 4.07. The first-order valence-corrected chi connectivity index (χ1v) is 4.66.